The Kier molecular flexibility index (Phi) is 6.43. The molecular formula is C24H23N3O2. The van der Waals surface area contributed by atoms with Crippen molar-refractivity contribution in [2.24, 2.45) is 5.73 Å². The van der Waals surface area contributed by atoms with Crippen LogP contribution in [0.5, 0.6) is 5.75 Å². The normalized spacial score (nSPS) is 11.0. The topological polar surface area (TPSA) is 88.2 Å². The van der Waals surface area contributed by atoms with Crippen LogP contribution in [-0.2, 0) is 11.2 Å². The predicted octanol–water partition coefficient (Wildman–Crippen LogP) is 4.24. The quantitative estimate of drug-likeness (QED) is 0.532. The van der Waals surface area contributed by atoms with E-state index in [1.54, 1.807) is 31.4 Å². The second-order valence-electron chi connectivity index (χ2n) is 6.50. The molecule has 5 nitrogen and oxygen atoms in total. The van der Waals surface area contributed by atoms with Gasteiger partial charge in [0.05, 0.1) is 19.2 Å². The average Bonchev–Trinajstić information content (AvgIpc) is 2.75. The Balaban J connectivity index is 1.80. The third kappa shape index (κ3) is 5.32. The highest BCUT2D eigenvalue weighted by Crippen LogP contribution is 2.27. The predicted molar refractivity (Wildman–Crippen MR) is 117 cm³/mol. The highest BCUT2D eigenvalue weighted by atomic mass is 16.5. The number of methoxy groups -OCH3 is 1. The summed E-state index contributed by atoms with van der Waals surface area (Å²) in [6, 6.07) is 24.2. The molecule has 0 bridgehead atoms. The molecule has 0 fully saturated rings. The summed E-state index contributed by atoms with van der Waals surface area (Å²) in [6.45, 7) is 0. The minimum atomic E-state index is -0.119. The molecule has 3 rings (SSSR count). The zero-order chi connectivity index (χ0) is 20.6. The third-order valence-electron chi connectivity index (χ3n) is 4.39. The summed E-state index contributed by atoms with van der Waals surface area (Å²) in [6.07, 6.45) is 1.87. The number of nitrogens with two attached hydrogens (primary N) is 1. The first-order valence-electron chi connectivity index (χ1n) is 9.20. The lowest BCUT2D eigenvalue weighted by Crippen LogP contribution is -2.14. The summed E-state index contributed by atoms with van der Waals surface area (Å²) >= 11 is 0. The highest BCUT2D eigenvalue weighted by Gasteiger charge is 2.11. The summed E-state index contributed by atoms with van der Waals surface area (Å²) in [4.78, 5) is 12.4. The van der Waals surface area contributed by atoms with E-state index in [9.17, 15) is 4.79 Å². The first-order chi connectivity index (χ1) is 14.1. The van der Waals surface area contributed by atoms with Crippen molar-refractivity contribution in [3.63, 3.8) is 0 Å². The van der Waals surface area contributed by atoms with Gasteiger partial charge in [-0.2, -0.15) is 0 Å². The Labute approximate surface area is 170 Å². The minimum Gasteiger partial charge on any atom is -0.496 e. The monoisotopic (exact) mass is 385 g/mol. The van der Waals surface area contributed by atoms with Crippen molar-refractivity contribution in [3.8, 4) is 5.75 Å². The lowest BCUT2D eigenvalue weighted by molar-refractivity contribution is -0.115. The molecule has 0 saturated carbocycles. The molecule has 0 radical (unpaired) electrons. The zero-order valence-corrected chi connectivity index (χ0v) is 16.2. The maximum Gasteiger partial charge on any atom is 0.228 e. The van der Waals surface area contributed by atoms with Gasteiger partial charge in [-0.25, -0.2) is 0 Å². The van der Waals surface area contributed by atoms with Gasteiger partial charge >= 0.3 is 0 Å². The number of hydrogen-bond donors (Lipinski definition) is 3. The number of rotatable bonds is 7. The molecule has 146 valence electrons. The van der Waals surface area contributed by atoms with Crippen molar-refractivity contribution >= 4 is 23.0 Å². The summed E-state index contributed by atoms with van der Waals surface area (Å²) in [5.74, 6) is 0.451. The Bertz CT molecular complexity index is 1030. The van der Waals surface area contributed by atoms with Crippen LogP contribution in [0.4, 0.5) is 5.69 Å². The van der Waals surface area contributed by atoms with Gasteiger partial charge in [-0.3, -0.25) is 4.79 Å². The molecule has 0 unspecified atom stereocenters. The molecule has 3 aromatic carbocycles. The van der Waals surface area contributed by atoms with E-state index in [4.69, 9.17) is 15.9 Å². The van der Waals surface area contributed by atoms with Gasteiger partial charge in [-0.15, -0.1) is 0 Å². The number of ether oxygens (including phenoxy) is 1. The van der Waals surface area contributed by atoms with Crippen LogP contribution in [0.3, 0.4) is 0 Å². The van der Waals surface area contributed by atoms with E-state index in [2.05, 4.69) is 5.32 Å². The van der Waals surface area contributed by atoms with Crippen molar-refractivity contribution in [1.29, 1.82) is 5.41 Å². The molecule has 0 heterocycles. The molecule has 1 amide bonds. The molecule has 5 heteroatoms. The zero-order valence-electron chi connectivity index (χ0n) is 16.2. The maximum atomic E-state index is 12.4. The van der Waals surface area contributed by atoms with E-state index < -0.39 is 0 Å². The SMILES string of the molecule is COc1ccc(NC(=O)Cc2ccccc2)cc1/C(N)=C/C(=N)c1ccccc1. The first-order valence-corrected chi connectivity index (χ1v) is 9.20. The van der Waals surface area contributed by atoms with Crippen molar-refractivity contribution in [2.45, 2.75) is 6.42 Å². The van der Waals surface area contributed by atoms with E-state index >= 15 is 0 Å². The number of carbonyl (C=O) groups is 1. The standard InChI is InChI=1S/C24H23N3O2/c1-29-23-13-12-19(27-24(28)14-17-8-4-2-5-9-17)15-20(23)22(26)16-21(25)18-10-6-3-7-11-18/h2-13,15-16,25H,14,26H2,1H3,(H,27,28)/b22-16-,25-21?. The van der Waals surface area contributed by atoms with Crippen LogP contribution < -0.4 is 15.8 Å². The van der Waals surface area contributed by atoms with E-state index in [1.165, 1.54) is 0 Å². The maximum absolute atomic E-state index is 12.4. The van der Waals surface area contributed by atoms with E-state index in [1.807, 2.05) is 60.7 Å². The smallest absolute Gasteiger partial charge is 0.228 e. The van der Waals surface area contributed by atoms with Crippen LogP contribution in [0.2, 0.25) is 0 Å². The first kappa shape index (κ1) is 19.9. The number of hydrogen-bond acceptors (Lipinski definition) is 4. The second-order valence-corrected chi connectivity index (χ2v) is 6.50. The molecule has 0 aromatic heterocycles. The average molecular weight is 385 g/mol. The van der Waals surface area contributed by atoms with Gasteiger partial charge in [0.1, 0.15) is 5.75 Å². The van der Waals surface area contributed by atoms with Gasteiger partial charge in [-0.1, -0.05) is 60.7 Å². The lowest BCUT2D eigenvalue weighted by atomic mass is 10.0. The van der Waals surface area contributed by atoms with Crippen LogP contribution in [0.15, 0.2) is 84.9 Å². The number of anilines is 1. The van der Waals surface area contributed by atoms with Crippen molar-refractivity contribution in [2.75, 3.05) is 12.4 Å². The Hall–Kier alpha value is -3.86. The number of benzene rings is 3. The number of carbonyl (C=O) groups excluding carboxylic acids is 1. The minimum absolute atomic E-state index is 0.119. The Morgan fingerprint density at radius 1 is 1.03 bits per heavy atom. The summed E-state index contributed by atoms with van der Waals surface area (Å²) in [7, 11) is 1.56. The van der Waals surface area contributed by atoms with Gasteiger partial charge < -0.3 is 21.2 Å². The van der Waals surface area contributed by atoms with Crippen molar-refractivity contribution in [1.82, 2.24) is 0 Å². The lowest BCUT2D eigenvalue weighted by Gasteiger charge is -2.12. The molecule has 0 saturated heterocycles. The second kappa shape index (κ2) is 9.37. The highest BCUT2D eigenvalue weighted by molar-refractivity contribution is 6.10. The molecule has 3 aromatic rings. The molecule has 29 heavy (non-hydrogen) atoms. The molecule has 4 N–H and O–H groups in total. The molecule has 0 atom stereocenters. The van der Waals surface area contributed by atoms with Crippen LogP contribution in [0.1, 0.15) is 16.7 Å². The molecule has 0 aliphatic heterocycles. The summed E-state index contributed by atoms with van der Waals surface area (Å²) < 4.78 is 5.41. The molecule has 0 spiro atoms. The number of allylic oxidation sites excluding steroid dienone is 1. The fourth-order valence-corrected chi connectivity index (χ4v) is 2.93. The largest absolute Gasteiger partial charge is 0.496 e. The van der Waals surface area contributed by atoms with Crippen LogP contribution in [-0.4, -0.2) is 18.7 Å². The molecule has 0 aliphatic carbocycles. The number of nitrogens with one attached hydrogen (secondary N) is 2. The van der Waals surface area contributed by atoms with Crippen LogP contribution in [0.25, 0.3) is 5.70 Å². The van der Waals surface area contributed by atoms with Gasteiger partial charge in [0.2, 0.25) is 5.91 Å². The van der Waals surface area contributed by atoms with Gasteiger partial charge in [0.15, 0.2) is 0 Å². The fraction of sp³-hybridized carbons (Fsp3) is 0.0833. The van der Waals surface area contributed by atoms with Crippen molar-refractivity contribution < 1.29 is 9.53 Å². The number of amides is 1. The van der Waals surface area contributed by atoms with E-state index in [0.717, 1.165) is 11.1 Å². The van der Waals surface area contributed by atoms with E-state index in [0.29, 0.717) is 28.4 Å². The van der Waals surface area contributed by atoms with Gasteiger partial charge in [0, 0.05) is 16.9 Å². The van der Waals surface area contributed by atoms with E-state index in [-0.39, 0.29) is 12.3 Å². The molecule has 0 aliphatic rings. The van der Waals surface area contributed by atoms with Gasteiger partial charge in [0.25, 0.3) is 0 Å². The van der Waals surface area contributed by atoms with Crippen LogP contribution in [0, 0.1) is 5.41 Å². The van der Waals surface area contributed by atoms with Crippen LogP contribution >= 0.6 is 0 Å². The third-order valence-corrected chi connectivity index (χ3v) is 4.39. The summed E-state index contributed by atoms with van der Waals surface area (Å²) in [5.41, 5.74) is 9.88. The molecular weight excluding hydrogens is 362 g/mol. The fourth-order valence-electron chi connectivity index (χ4n) is 2.93. The Morgan fingerprint density at radius 2 is 1.69 bits per heavy atom. The Morgan fingerprint density at radius 3 is 2.34 bits per heavy atom. The summed E-state index contributed by atoms with van der Waals surface area (Å²) in [5, 5.41) is 11.2. The van der Waals surface area contributed by atoms with Gasteiger partial charge in [-0.05, 0) is 35.4 Å². The van der Waals surface area contributed by atoms with Crippen molar-refractivity contribution in [3.05, 3.63) is 102 Å².